The van der Waals surface area contributed by atoms with Crippen LogP contribution in [0.15, 0.2) is 46.2 Å². The lowest BCUT2D eigenvalue weighted by molar-refractivity contribution is -0.117. The lowest BCUT2D eigenvalue weighted by Crippen LogP contribution is -2.30. The molecule has 1 amide bonds. The summed E-state index contributed by atoms with van der Waals surface area (Å²) in [7, 11) is -3.63. The monoisotopic (exact) mass is 459 g/mol. The van der Waals surface area contributed by atoms with E-state index in [-0.39, 0.29) is 17.2 Å². The van der Waals surface area contributed by atoms with E-state index in [0.717, 1.165) is 28.5 Å². The van der Waals surface area contributed by atoms with Crippen molar-refractivity contribution >= 4 is 27.1 Å². The summed E-state index contributed by atoms with van der Waals surface area (Å²) in [6.45, 7) is 2.09. The average Bonchev–Trinajstić information content (AvgIpc) is 3.10. The Morgan fingerprint density at radius 3 is 2.50 bits per heavy atom. The molecular formula is C21H25N5O5S. The van der Waals surface area contributed by atoms with Crippen LogP contribution >= 0.6 is 0 Å². The molecule has 3 aromatic rings. The number of hydrogen-bond acceptors (Lipinski definition) is 7. The molecule has 2 aromatic heterocycles. The predicted octanol–water partition coefficient (Wildman–Crippen LogP) is 2.03. The highest BCUT2D eigenvalue weighted by Crippen LogP contribution is 2.27. The lowest BCUT2D eigenvalue weighted by Gasteiger charge is -2.20. The molecule has 1 aliphatic rings. The van der Waals surface area contributed by atoms with Crippen molar-refractivity contribution in [1.82, 2.24) is 19.4 Å². The summed E-state index contributed by atoms with van der Waals surface area (Å²) < 4.78 is 33.1. The van der Waals surface area contributed by atoms with Crippen LogP contribution in [0.25, 0.3) is 5.65 Å². The zero-order chi connectivity index (χ0) is 22.7. The standard InChI is InChI=1S/C21H25N5O5S/c1-2-31-16-10-8-15(9-11-16)22-19(27)14-25-21(28)26-18(23-25)12-13-20(24-26)32(29,30)17-6-4-3-5-7-17/h8-13,17H,2-7,14H2,1H3,(H,22,27). The number of carbonyl (C=O) groups is 1. The van der Waals surface area contributed by atoms with Crippen LogP contribution < -0.4 is 15.7 Å². The molecule has 2 heterocycles. The third-order valence-electron chi connectivity index (χ3n) is 5.44. The summed E-state index contributed by atoms with van der Waals surface area (Å²) in [5.74, 6) is 0.238. The summed E-state index contributed by atoms with van der Waals surface area (Å²) in [5.41, 5.74) is 0.0447. The van der Waals surface area contributed by atoms with Crippen molar-refractivity contribution in [2.24, 2.45) is 0 Å². The first-order valence-electron chi connectivity index (χ1n) is 10.6. The number of carbonyl (C=O) groups excluding carboxylic acids is 1. The number of fused-ring (bicyclic) bond motifs is 1. The van der Waals surface area contributed by atoms with E-state index in [0.29, 0.717) is 30.9 Å². The quantitative estimate of drug-likeness (QED) is 0.573. The van der Waals surface area contributed by atoms with Crippen LogP contribution in [0.5, 0.6) is 5.75 Å². The fourth-order valence-corrected chi connectivity index (χ4v) is 5.58. The number of ether oxygens (including phenoxy) is 1. The predicted molar refractivity (Wildman–Crippen MR) is 118 cm³/mol. The minimum Gasteiger partial charge on any atom is -0.494 e. The van der Waals surface area contributed by atoms with Crippen molar-refractivity contribution in [2.75, 3.05) is 11.9 Å². The number of sulfone groups is 1. The molecule has 170 valence electrons. The normalized spacial score (nSPS) is 15.0. The van der Waals surface area contributed by atoms with Gasteiger partial charge in [-0.1, -0.05) is 19.3 Å². The molecule has 32 heavy (non-hydrogen) atoms. The minimum atomic E-state index is -3.63. The van der Waals surface area contributed by atoms with E-state index in [4.69, 9.17) is 4.74 Å². The van der Waals surface area contributed by atoms with Crippen molar-refractivity contribution in [2.45, 2.75) is 55.8 Å². The molecule has 0 bridgehead atoms. The van der Waals surface area contributed by atoms with Crippen LogP contribution in [-0.4, -0.2) is 45.6 Å². The van der Waals surface area contributed by atoms with Crippen LogP contribution in [0, 0.1) is 0 Å². The molecule has 0 spiro atoms. The number of nitrogens with one attached hydrogen (secondary N) is 1. The van der Waals surface area contributed by atoms with Gasteiger partial charge in [-0.05, 0) is 56.2 Å². The molecule has 0 radical (unpaired) electrons. The van der Waals surface area contributed by atoms with Gasteiger partial charge in [0, 0.05) is 5.69 Å². The van der Waals surface area contributed by atoms with Crippen LogP contribution in [0.4, 0.5) is 5.69 Å². The molecule has 1 aliphatic carbocycles. The summed E-state index contributed by atoms with van der Waals surface area (Å²) in [5, 5.41) is 10.2. The van der Waals surface area contributed by atoms with Crippen molar-refractivity contribution in [1.29, 1.82) is 0 Å². The van der Waals surface area contributed by atoms with Gasteiger partial charge in [-0.2, -0.15) is 4.52 Å². The first kappa shape index (κ1) is 22.0. The Kier molecular flexibility index (Phi) is 6.26. The highest BCUT2D eigenvalue weighted by molar-refractivity contribution is 7.92. The molecule has 0 unspecified atom stereocenters. The maximum absolute atomic E-state index is 12.9. The maximum atomic E-state index is 12.9. The van der Waals surface area contributed by atoms with Gasteiger partial charge < -0.3 is 10.1 Å². The van der Waals surface area contributed by atoms with Crippen LogP contribution in [0.3, 0.4) is 0 Å². The second-order valence-corrected chi connectivity index (χ2v) is 9.87. The van der Waals surface area contributed by atoms with Gasteiger partial charge in [0.05, 0.1) is 11.9 Å². The van der Waals surface area contributed by atoms with Gasteiger partial charge in [0.2, 0.25) is 5.91 Å². The molecule has 1 aromatic carbocycles. The van der Waals surface area contributed by atoms with Crippen LogP contribution in [-0.2, 0) is 21.2 Å². The Labute approximate surface area is 185 Å². The fraction of sp³-hybridized carbons (Fsp3) is 0.429. The Balaban J connectivity index is 1.52. The molecular weight excluding hydrogens is 434 g/mol. The van der Waals surface area contributed by atoms with Gasteiger partial charge in [0.25, 0.3) is 0 Å². The molecule has 4 rings (SSSR count). The highest BCUT2D eigenvalue weighted by atomic mass is 32.2. The number of nitrogens with zero attached hydrogens (tertiary/aromatic N) is 4. The van der Waals surface area contributed by atoms with Gasteiger partial charge in [-0.15, -0.1) is 10.2 Å². The zero-order valence-corrected chi connectivity index (χ0v) is 18.5. The van der Waals surface area contributed by atoms with Crippen molar-refractivity contribution in [3.05, 3.63) is 46.9 Å². The second kappa shape index (κ2) is 9.11. The molecule has 1 N–H and O–H groups in total. The molecule has 11 heteroatoms. The van der Waals surface area contributed by atoms with Crippen LogP contribution in [0.1, 0.15) is 39.0 Å². The molecule has 0 atom stereocenters. The summed E-state index contributed by atoms with van der Waals surface area (Å²) in [4.78, 5) is 25.1. The number of amides is 1. The largest absolute Gasteiger partial charge is 0.494 e. The zero-order valence-electron chi connectivity index (χ0n) is 17.7. The third-order valence-corrected chi connectivity index (χ3v) is 7.59. The lowest BCUT2D eigenvalue weighted by atomic mass is 10.0. The van der Waals surface area contributed by atoms with Gasteiger partial charge in [0.1, 0.15) is 12.3 Å². The summed E-state index contributed by atoms with van der Waals surface area (Å²) >= 11 is 0. The van der Waals surface area contributed by atoms with E-state index in [2.05, 4.69) is 15.5 Å². The summed E-state index contributed by atoms with van der Waals surface area (Å²) in [6.07, 6.45) is 3.97. The van der Waals surface area contributed by atoms with E-state index in [1.54, 1.807) is 24.3 Å². The topological polar surface area (TPSA) is 125 Å². The fourth-order valence-electron chi connectivity index (χ4n) is 3.83. The number of rotatable bonds is 7. The van der Waals surface area contributed by atoms with Crippen molar-refractivity contribution < 1.29 is 17.9 Å². The number of hydrogen-bond donors (Lipinski definition) is 1. The van der Waals surface area contributed by atoms with E-state index in [1.807, 2.05) is 6.92 Å². The Hall–Kier alpha value is -3.21. The molecule has 1 fully saturated rings. The van der Waals surface area contributed by atoms with Crippen LogP contribution in [0.2, 0.25) is 0 Å². The van der Waals surface area contributed by atoms with E-state index in [9.17, 15) is 18.0 Å². The number of anilines is 1. The molecule has 0 saturated heterocycles. The number of benzene rings is 1. The number of aromatic nitrogens is 4. The third kappa shape index (κ3) is 4.52. The molecule has 0 aliphatic heterocycles. The maximum Gasteiger partial charge on any atom is 0.367 e. The molecule has 1 saturated carbocycles. The first-order chi connectivity index (χ1) is 15.4. The SMILES string of the molecule is CCOc1ccc(NC(=O)Cn2nc3ccc(S(=O)(=O)C4CCCCC4)nn3c2=O)cc1. The van der Waals surface area contributed by atoms with Crippen molar-refractivity contribution in [3.63, 3.8) is 0 Å². The Morgan fingerprint density at radius 2 is 1.81 bits per heavy atom. The summed E-state index contributed by atoms with van der Waals surface area (Å²) in [6, 6.07) is 9.66. The highest BCUT2D eigenvalue weighted by Gasteiger charge is 2.30. The van der Waals surface area contributed by atoms with E-state index >= 15 is 0 Å². The minimum absolute atomic E-state index is 0.141. The average molecular weight is 460 g/mol. The van der Waals surface area contributed by atoms with Gasteiger partial charge in [0.15, 0.2) is 20.5 Å². The Morgan fingerprint density at radius 1 is 1.09 bits per heavy atom. The van der Waals surface area contributed by atoms with Gasteiger partial charge >= 0.3 is 5.69 Å². The smallest absolute Gasteiger partial charge is 0.367 e. The Bertz CT molecular complexity index is 1270. The van der Waals surface area contributed by atoms with Gasteiger partial charge in [-0.3, -0.25) is 4.79 Å². The van der Waals surface area contributed by atoms with E-state index in [1.165, 1.54) is 12.1 Å². The van der Waals surface area contributed by atoms with Gasteiger partial charge in [-0.25, -0.2) is 17.9 Å². The first-order valence-corrected chi connectivity index (χ1v) is 12.2. The van der Waals surface area contributed by atoms with Crippen molar-refractivity contribution in [3.8, 4) is 5.75 Å². The van der Waals surface area contributed by atoms with E-state index < -0.39 is 26.7 Å². The molecule has 10 nitrogen and oxygen atoms in total. The second-order valence-electron chi connectivity index (χ2n) is 7.69.